The molecule has 0 bridgehead atoms. The molecule has 1 heterocycles. The Balaban J connectivity index is 2.18. The van der Waals surface area contributed by atoms with Crippen molar-refractivity contribution >= 4 is 11.3 Å². The molecule has 0 radical (unpaired) electrons. The molecule has 16 heavy (non-hydrogen) atoms. The maximum Gasteiger partial charge on any atom is 0.116 e. The van der Waals surface area contributed by atoms with E-state index < -0.39 is 0 Å². The Kier molecular flexibility index (Phi) is 3.54. The molecule has 0 unspecified atom stereocenters. The smallest absolute Gasteiger partial charge is 0.116 e. The minimum Gasteiger partial charge on any atom is -0.508 e. The second-order valence-corrected chi connectivity index (χ2v) is 4.51. The average molecular weight is 234 g/mol. The van der Waals surface area contributed by atoms with Crippen molar-refractivity contribution in [2.75, 3.05) is 6.54 Å². The van der Waals surface area contributed by atoms with Gasteiger partial charge in [-0.05, 0) is 25.1 Å². The van der Waals surface area contributed by atoms with E-state index in [4.69, 9.17) is 5.73 Å². The number of benzene rings is 1. The monoisotopic (exact) mass is 234 g/mol. The topological polar surface area (TPSA) is 59.1 Å². The lowest BCUT2D eigenvalue weighted by Gasteiger charge is -1.97. The van der Waals surface area contributed by atoms with E-state index in [0.717, 1.165) is 29.1 Å². The molecule has 0 saturated heterocycles. The molecule has 0 saturated carbocycles. The van der Waals surface area contributed by atoms with Gasteiger partial charge < -0.3 is 10.8 Å². The first-order valence-electron chi connectivity index (χ1n) is 5.23. The van der Waals surface area contributed by atoms with Crippen molar-refractivity contribution in [2.24, 2.45) is 5.73 Å². The van der Waals surface area contributed by atoms with Crippen molar-refractivity contribution < 1.29 is 5.11 Å². The van der Waals surface area contributed by atoms with Gasteiger partial charge in [-0.1, -0.05) is 12.1 Å². The van der Waals surface area contributed by atoms with E-state index >= 15 is 0 Å². The summed E-state index contributed by atoms with van der Waals surface area (Å²) in [5.41, 5.74) is 7.34. The maximum atomic E-state index is 9.38. The number of hydrogen-bond acceptors (Lipinski definition) is 4. The number of phenols is 1. The summed E-state index contributed by atoms with van der Waals surface area (Å²) >= 11 is 1.64. The molecule has 0 aliphatic rings. The summed E-state index contributed by atoms with van der Waals surface area (Å²) in [5, 5.41) is 12.5. The Morgan fingerprint density at radius 1 is 1.38 bits per heavy atom. The highest BCUT2D eigenvalue weighted by molar-refractivity contribution is 7.09. The quantitative estimate of drug-likeness (QED) is 0.854. The summed E-state index contributed by atoms with van der Waals surface area (Å²) in [6.45, 7) is 0.695. The zero-order valence-corrected chi connectivity index (χ0v) is 9.70. The second kappa shape index (κ2) is 5.09. The molecule has 0 fully saturated rings. The molecule has 2 aromatic rings. The number of nitrogens with zero attached hydrogens (tertiary/aromatic N) is 1. The van der Waals surface area contributed by atoms with Crippen LogP contribution in [0.3, 0.4) is 0 Å². The van der Waals surface area contributed by atoms with Crippen LogP contribution >= 0.6 is 11.3 Å². The van der Waals surface area contributed by atoms with Gasteiger partial charge in [0.1, 0.15) is 5.75 Å². The van der Waals surface area contributed by atoms with Crippen molar-refractivity contribution in [1.82, 2.24) is 4.98 Å². The Morgan fingerprint density at radius 3 is 3.00 bits per heavy atom. The average Bonchev–Trinajstić information content (AvgIpc) is 2.75. The van der Waals surface area contributed by atoms with Crippen LogP contribution in [0.25, 0.3) is 11.3 Å². The van der Waals surface area contributed by atoms with Crippen LogP contribution in [-0.2, 0) is 6.42 Å². The predicted molar refractivity (Wildman–Crippen MR) is 66.6 cm³/mol. The lowest BCUT2D eigenvalue weighted by molar-refractivity contribution is 0.475. The summed E-state index contributed by atoms with van der Waals surface area (Å²) in [7, 11) is 0. The SMILES string of the molecule is NCCCc1nc(-c2cccc(O)c2)cs1. The molecule has 2 rings (SSSR count). The Bertz CT molecular complexity index is 468. The molecular weight excluding hydrogens is 220 g/mol. The molecule has 1 aromatic heterocycles. The third-order valence-electron chi connectivity index (χ3n) is 2.29. The zero-order chi connectivity index (χ0) is 11.4. The zero-order valence-electron chi connectivity index (χ0n) is 8.89. The van der Waals surface area contributed by atoms with E-state index in [2.05, 4.69) is 4.98 Å². The van der Waals surface area contributed by atoms with Crippen molar-refractivity contribution in [3.8, 4) is 17.0 Å². The van der Waals surface area contributed by atoms with Crippen molar-refractivity contribution in [3.05, 3.63) is 34.7 Å². The molecular formula is C12H14N2OS. The number of aryl methyl sites for hydroxylation is 1. The molecule has 0 atom stereocenters. The number of rotatable bonds is 4. The predicted octanol–water partition coefficient (Wildman–Crippen LogP) is 2.41. The Labute approximate surface area is 98.6 Å². The fraction of sp³-hybridized carbons (Fsp3) is 0.250. The van der Waals surface area contributed by atoms with Gasteiger partial charge in [0.15, 0.2) is 0 Å². The molecule has 0 aliphatic heterocycles. The van der Waals surface area contributed by atoms with E-state index in [0.29, 0.717) is 6.54 Å². The lowest BCUT2D eigenvalue weighted by Crippen LogP contribution is -1.99. The number of hydrogen-bond donors (Lipinski definition) is 2. The first kappa shape index (κ1) is 11.1. The number of aromatic hydroxyl groups is 1. The Hall–Kier alpha value is -1.39. The van der Waals surface area contributed by atoms with Crippen molar-refractivity contribution in [2.45, 2.75) is 12.8 Å². The molecule has 4 heteroatoms. The second-order valence-electron chi connectivity index (χ2n) is 3.57. The van der Waals surface area contributed by atoms with Gasteiger partial charge in [-0.3, -0.25) is 0 Å². The van der Waals surface area contributed by atoms with Crippen molar-refractivity contribution in [1.29, 1.82) is 0 Å². The van der Waals surface area contributed by atoms with Crippen LogP contribution in [0.5, 0.6) is 5.75 Å². The molecule has 0 spiro atoms. The minimum atomic E-state index is 0.272. The van der Waals surface area contributed by atoms with Crippen molar-refractivity contribution in [3.63, 3.8) is 0 Å². The van der Waals surface area contributed by atoms with Crippen LogP contribution in [-0.4, -0.2) is 16.6 Å². The maximum absolute atomic E-state index is 9.38. The summed E-state index contributed by atoms with van der Waals surface area (Å²) < 4.78 is 0. The third kappa shape index (κ3) is 2.59. The van der Waals surface area contributed by atoms with Gasteiger partial charge in [-0.25, -0.2) is 4.98 Å². The molecule has 0 aliphatic carbocycles. The fourth-order valence-electron chi connectivity index (χ4n) is 1.48. The minimum absolute atomic E-state index is 0.272. The summed E-state index contributed by atoms with van der Waals surface area (Å²) in [5.74, 6) is 0.272. The number of thiazole rings is 1. The first-order chi connectivity index (χ1) is 7.79. The standard InChI is InChI=1S/C12H14N2OS/c13-6-2-5-12-14-11(8-16-12)9-3-1-4-10(15)7-9/h1,3-4,7-8,15H,2,5-6,13H2. The van der Waals surface area contributed by atoms with Crippen LogP contribution < -0.4 is 5.73 Å². The highest BCUT2D eigenvalue weighted by Crippen LogP contribution is 2.25. The molecule has 3 nitrogen and oxygen atoms in total. The van der Waals surface area contributed by atoms with Crippen LogP contribution in [0, 0.1) is 0 Å². The van der Waals surface area contributed by atoms with Gasteiger partial charge in [0.25, 0.3) is 0 Å². The van der Waals surface area contributed by atoms with Gasteiger partial charge in [-0.15, -0.1) is 11.3 Å². The Morgan fingerprint density at radius 2 is 2.25 bits per heavy atom. The van der Waals surface area contributed by atoms with Crippen LogP contribution in [0.1, 0.15) is 11.4 Å². The van der Waals surface area contributed by atoms with E-state index in [1.54, 1.807) is 23.5 Å². The van der Waals surface area contributed by atoms with E-state index in [1.807, 2.05) is 17.5 Å². The van der Waals surface area contributed by atoms with Gasteiger partial charge in [-0.2, -0.15) is 0 Å². The molecule has 3 N–H and O–H groups in total. The molecule has 84 valence electrons. The third-order valence-corrected chi connectivity index (χ3v) is 3.20. The number of aromatic nitrogens is 1. The van der Waals surface area contributed by atoms with Gasteiger partial charge in [0, 0.05) is 17.4 Å². The van der Waals surface area contributed by atoms with E-state index in [1.165, 1.54) is 0 Å². The lowest BCUT2D eigenvalue weighted by atomic mass is 10.2. The van der Waals surface area contributed by atoms with Crippen LogP contribution in [0.15, 0.2) is 29.6 Å². The highest BCUT2D eigenvalue weighted by atomic mass is 32.1. The van der Waals surface area contributed by atoms with E-state index in [9.17, 15) is 5.11 Å². The van der Waals surface area contributed by atoms with Crippen LogP contribution in [0.2, 0.25) is 0 Å². The van der Waals surface area contributed by atoms with Crippen LogP contribution in [0.4, 0.5) is 0 Å². The van der Waals surface area contributed by atoms with Gasteiger partial charge in [0.05, 0.1) is 10.7 Å². The molecule has 1 aromatic carbocycles. The number of nitrogens with two attached hydrogens (primary N) is 1. The van der Waals surface area contributed by atoms with E-state index in [-0.39, 0.29) is 5.75 Å². The largest absolute Gasteiger partial charge is 0.508 e. The molecule has 0 amide bonds. The summed E-state index contributed by atoms with van der Waals surface area (Å²) in [6.07, 6.45) is 1.90. The summed E-state index contributed by atoms with van der Waals surface area (Å²) in [4.78, 5) is 4.51. The highest BCUT2D eigenvalue weighted by Gasteiger charge is 2.04. The van der Waals surface area contributed by atoms with Gasteiger partial charge in [0.2, 0.25) is 0 Å². The number of phenolic OH excluding ortho intramolecular Hbond substituents is 1. The fourth-order valence-corrected chi connectivity index (χ4v) is 2.33. The normalized spacial score (nSPS) is 10.6. The first-order valence-corrected chi connectivity index (χ1v) is 6.11. The summed E-state index contributed by atoms with van der Waals surface area (Å²) in [6, 6.07) is 7.15. The van der Waals surface area contributed by atoms with Gasteiger partial charge >= 0.3 is 0 Å².